The average molecular weight is 961 g/mol. The second kappa shape index (κ2) is 19.5. The number of amidine groups is 2. The van der Waals surface area contributed by atoms with Crippen LogP contribution >= 0.6 is 0 Å². The molecule has 13 heteroatoms. The molecule has 2 saturated carbocycles. The van der Waals surface area contributed by atoms with E-state index < -0.39 is 0 Å². The van der Waals surface area contributed by atoms with Gasteiger partial charge in [0.15, 0.2) is 0 Å². The van der Waals surface area contributed by atoms with Crippen molar-refractivity contribution < 1.29 is 4.74 Å². The fraction of sp³-hybridized carbons (Fsp3) is 0.603. The number of methoxy groups -OCH3 is 1. The summed E-state index contributed by atoms with van der Waals surface area (Å²) in [7, 11) is 5.67. The third-order valence-electron chi connectivity index (χ3n) is 18.3. The standard InChI is InChI=1S/C58H80N12O/c1-38(2)70-51-25-40(4)43(28-50(51)66-55(70)61-6)35-63-16-23-69-21-14-56(37-69)13-20-68(36-56)22-15-62-34-42-27-49-46(24-39(42)3)58(54(60-5)65-49)32-45(33-58)44-30-57(31-44)47-29-52(71-7)41(26-48(47)64-53(57)59)12-11-19-67-17-9-8-10-18-67/h24-29,38,44-45,62-63H,8-10,13-23,30-37H2,1-7H3,(H2,59,64)(H,60,65)(H,61,66). The van der Waals surface area contributed by atoms with Gasteiger partial charge in [-0.25, -0.2) is 9.98 Å². The summed E-state index contributed by atoms with van der Waals surface area (Å²) in [5.74, 6) is 11.7. The van der Waals surface area contributed by atoms with Crippen LogP contribution in [0.3, 0.4) is 0 Å². The Bertz CT molecular complexity index is 2780. The second-order valence-corrected chi connectivity index (χ2v) is 23.1. The minimum absolute atomic E-state index is 0.0185. The van der Waals surface area contributed by atoms with E-state index in [9.17, 15) is 0 Å². The summed E-state index contributed by atoms with van der Waals surface area (Å²) in [6, 6.07) is 14.1. The lowest BCUT2D eigenvalue weighted by Gasteiger charge is -2.56. The van der Waals surface area contributed by atoms with Crippen molar-refractivity contribution in [1.82, 2.24) is 34.9 Å². The number of anilines is 2. The van der Waals surface area contributed by atoms with Crippen LogP contribution in [-0.4, -0.2) is 129 Å². The summed E-state index contributed by atoms with van der Waals surface area (Å²) in [6.07, 6.45) is 10.8. The van der Waals surface area contributed by atoms with Gasteiger partial charge in [-0.05, 0) is 186 Å². The molecule has 1 unspecified atom stereocenters. The molecule has 4 aromatic rings. The summed E-state index contributed by atoms with van der Waals surface area (Å²) in [5.41, 5.74) is 20.5. The van der Waals surface area contributed by atoms with Crippen molar-refractivity contribution in [2.24, 2.45) is 33.0 Å². The van der Waals surface area contributed by atoms with Crippen LogP contribution in [0.2, 0.25) is 0 Å². The molecule has 71 heavy (non-hydrogen) atoms. The number of aryl methyl sites for hydroxylation is 2. The molecule has 1 aromatic heterocycles. The van der Waals surface area contributed by atoms with Gasteiger partial charge in [-0.1, -0.05) is 24.3 Å². The van der Waals surface area contributed by atoms with Gasteiger partial charge in [-0.2, -0.15) is 0 Å². The van der Waals surface area contributed by atoms with E-state index in [0.717, 1.165) is 125 Å². The number of fused-ring (bicyclic) bond motifs is 5. The predicted molar refractivity (Wildman–Crippen MR) is 291 cm³/mol. The summed E-state index contributed by atoms with van der Waals surface area (Å²) in [4.78, 5) is 22.6. The molecule has 2 aliphatic carbocycles. The molecule has 6 heterocycles. The Morgan fingerprint density at radius 1 is 0.831 bits per heavy atom. The Morgan fingerprint density at radius 2 is 1.49 bits per heavy atom. The van der Waals surface area contributed by atoms with E-state index in [-0.39, 0.29) is 10.8 Å². The van der Waals surface area contributed by atoms with E-state index in [0.29, 0.717) is 23.3 Å². The largest absolute Gasteiger partial charge is 0.495 e. The summed E-state index contributed by atoms with van der Waals surface area (Å²) in [6.45, 7) is 22.9. The molecule has 3 spiro atoms. The van der Waals surface area contributed by atoms with Gasteiger partial charge in [0.25, 0.3) is 0 Å². The summed E-state index contributed by atoms with van der Waals surface area (Å²) < 4.78 is 8.21. The fourth-order valence-electron chi connectivity index (χ4n) is 14.2. The number of likely N-dealkylation sites (tertiary alicyclic amines) is 3. The van der Waals surface area contributed by atoms with Crippen molar-refractivity contribution >= 4 is 40.0 Å². The van der Waals surface area contributed by atoms with Crippen LogP contribution in [0.25, 0.3) is 11.0 Å². The number of ether oxygens (including phenoxy) is 1. The van der Waals surface area contributed by atoms with Crippen LogP contribution in [0, 0.1) is 42.9 Å². The zero-order valence-electron chi connectivity index (χ0n) is 43.9. The third kappa shape index (κ3) is 8.83. The first-order chi connectivity index (χ1) is 34.4. The summed E-state index contributed by atoms with van der Waals surface area (Å²) >= 11 is 0. The number of piperidine rings is 1. The summed E-state index contributed by atoms with van der Waals surface area (Å²) in [5, 5.41) is 14.7. The molecule has 0 bridgehead atoms. The second-order valence-electron chi connectivity index (χ2n) is 23.1. The van der Waals surface area contributed by atoms with Gasteiger partial charge in [-0.15, -0.1) is 0 Å². The van der Waals surface area contributed by atoms with Gasteiger partial charge in [0.2, 0.25) is 5.95 Å². The number of hydrogen-bond acceptors (Lipinski definition) is 11. The Morgan fingerprint density at radius 3 is 2.14 bits per heavy atom. The molecule has 5 fully saturated rings. The van der Waals surface area contributed by atoms with Gasteiger partial charge in [0.05, 0.1) is 46.8 Å². The highest BCUT2D eigenvalue weighted by atomic mass is 16.5. The van der Waals surface area contributed by atoms with Crippen molar-refractivity contribution in [1.29, 1.82) is 0 Å². The van der Waals surface area contributed by atoms with Crippen LogP contribution in [0.5, 0.6) is 5.75 Å². The van der Waals surface area contributed by atoms with Crippen molar-refractivity contribution in [3.05, 3.63) is 75.3 Å². The minimum Gasteiger partial charge on any atom is -0.495 e. The number of aromatic nitrogens is 2. The van der Waals surface area contributed by atoms with E-state index >= 15 is 0 Å². The van der Waals surface area contributed by atoms with Gasteiger partial charge >= 0.3 is 0 Å². The first-order valence-electron chi connectivity index (χ1n) is 27.2. The van der Waals surface area contributed by atoms with Crippen LogP contribution in [0.4, 0.5) is 17.3 Å². The van der Waals surface area contributed by atoms with E-state index in [1.807, 2.05) is 14.1 Å². The van der Waals surface area contributed by atoms with Gasteiger partial charge in [0.1, 0.15) is 17.4 Å². The van der Waals surface area contributed by atoms with E-state index in [4.69, 9.17) is 25.4 Å². The van der Waals surface area contributed by atoms with Gasteiger partial charge in [-0.3, -0.25) is 9.89 Å². The molecule has 3 saturated heterocycles. The molecule has 1 atom stereocenters. The number of hydrogen-bond donors (Lipinski definition) is 5. The van der Waals surface area contributed by atoms with Crippen molar-refractivity contribution in [3.8, 4) is 17.6 Å². The SMILES string of the molecule is CN=C1Nc2cc(CNCCN3CCC4(CCN(CCNCc5cc6nc(NC)n(C(C)C)c6cc5C)C4)C3)c(C)cc2C12CC(C1CC3(C1)C(N)=Nc1cc(C#CCN4CCCCC4)c(OC)cc13)C2. The number of nitrogens with zero attached hydrogens (tertiary/aromatic N) is 7. The highest BCUT2D eigenvalue weighted by Crippen LogP contribution is 2.64. The maximum absolute atomic E-state index is 6.82. The first-order valence-corrected chi connectivity index (χ1v) is 27.2. The lowest BCUT2D eigenvalue weighted by atomic mass is 9.47. The molecule has 5 aliphatic heterocycles. The highest BCUT2D eigenvalue weighted by Gasteiger charge is 2.61. The minimum atomic E-state index is -0.192. The molecule has 13 nitrogen and oxygen atoms in total. The Labute approximate surface area is 423 Å². The lowest BCUT2D eigenvalue weighted by molar-refractivity contribution is 0.0495. The van der Waals surface area contributed by atoms with E-state index in [2.05, 4.69) is 116 Å². The maximum Gasteiger partial charge on any atom is 0.203 e. The lowest BCUT2D eigenvalue weighted by Crippen LogP contribution is -2.57. The number of imidazole rings is 1. The maximum atomic E-state index is 6.82. The normalized spacial score (nSPS) is 27.6. The molecule has 378 valence electrons. The number of rotatable bonds is 15. The zero-order chi connectivity index (χ0) is 49.1. The molecule has 0 radical (unpaired) electrons. The number of nitrogens with one attached hydrogen (secondary N) is 4. The van der Waals surface area contributed by atoms with Gasteiger partial charge < -0.3 is 46.1 Å². The fourth-order valence-corrected chi connectivity index (χ4v) is 14.2. The Hall–Kier alpha value is -4.97. The Balaban J connectivity index is 0.632. The Kier molecular flexibility index (Phi) is 13.2. The zero-order valence-corrected chi connectivity index (χ0v) is 43.9. The average Bonchev–Trinajstić information content (AvgIpc) is 4.16. The van der Waals surface area contributed by atoms with Crippen LogP contribution in [-0.2, 0) is 23.9 Å². The monoisotopic (exact) mass is 961 g/mol. The van der Waals surface area contributed by atoms with Crippen molar-refractivity contribution in [2.75, 3.05) is 104 Å². The number of benzene rings is 3. The van der Waals surface area contributed by atoms with Crippen molar-refractivity contribution in [2.45, 2.75) is 115 Å². The molecule has 7 aliphatic rings. The van der Waals surface area contributed by atoms with Crippen LogP contribution in [0.15, 0.2) is 46.4 Å². The molecule has 11 rings (SSSR count). The van der Waals surface area contributed by atoms with E-state index in [1.165, 1.54) is 103 Å². The van der Waals surface area contributed by atoms with Crippen LogP contribution < -0.4 is 31.7 Å². The topological polar surface area (TPSA) is 136 Å². The third-order valence-corrected chi connectivity index (χ3v) is 18.3. The first kappa shape index (κ1) is 48.3. The molecule has 0 amide bonds. The van der Waals surface area contributed by atoms with Crippen molar-refractivity contribution in [3.63, 3.8) is 0 Å². The molecule has 6 N–H and O–H groups in total. The van der Waals surface area contributed by atoms with Crippen LogP contribution in [0.1, 0.15) is 117 Å². The predicted octanol–water partition coefficient (Wildman–Crippen LogP) is 7.85. The highest BCUT2D eigenvalue weighted by molar-refractivity contribution is 6.10. The molecular weight excluding hydrogens is 881 g/mol. The smallest absolute Gasteiger partial charge is 0.203 e. The van der Waals surface area contributed by atoms with Gasteiger partial charge in [0, 0.05) is 78.2 Å². The quantitative estimate of drug-likeness (QED) is 0.0593. The van der Waals surface area contributed by atoms with E-state index in [1.54, 1.807) is 7.11 Å². The molecular formula is C58H80N12O. The molecule has 3 aromatic carbocycles. The number of nitrogens with two attached hydrogens (primary N) is 1. The number of aliphatic imine (C=N–C) groups is 2.